The molecule has 0 saturated carbocycles. The van der Waals surface area contributed by atoms with Gasteiger partial charge >= 0.3 is 12.1 Å². The predicted molar refractivity (Wildman–Crippen MR) is 54.3 cm³/mol. The van der Waals surface area contributed by atoms with Crippen LogP contribution in [0.25, 0.3) is 0 Å². The quantitative estimate of drug-likeness (QED) is 0.744. The topological polar surface area (TPSA) is 40.5 Å². The van der Waals surface area contributed by atoms with Crippen molar-refractivity contribution < 1.29 is 23.1 Å². The van der Waals surface area contributed by atoms with E-state index in [1.165, 1.54) is 4.90 Å². The van der Waals surface area contributed by atoms with E-state index in [1.807, 2.05) is 0 Å². The maximum atomic E-state index is 12.2. The lowest BCUT2D eigenvalue weighted by Gasteiger charge is -2.29. The molecule has 0 aliphatic carbocycles. The smallest absolute Gasteiger partial charge is 0.401 e. The number of hydrogen-bond donors (Lipinski definition) is 1. The number of carbonyl (C=O) groups is 1. The van der Waals surface area contributed by atoms with Crippen molar-refractivity contribution in [1.29, 1.82) is 0 Å². The predicted octanol–water partition coefficient (Wildman–Crippen LogP) is 2.51. The van der Waals surface area contributed by atoms with Crippen LogP contribution in [-0.4, -0.2) is 41.3 Å². The number of carboxylic acids is 1. The molecule has 1 unspecified atom stereocenters. The molecular weight excluding hydrogens is 223 g/mol. The summed E-state index contributed by atoms with van der Waals surface area (Å²) in [5, 5.41) is 8.47. The first kappa shape index (κ1) is 15.2. The van der Waals surface area contributed by atoms with Crippen LogP contribution in [0.15, 0.2) is 0 Å². The van der Waals surface area contributed by atoms with Crippen LogP contribution in [-0.2, 0) is 4.79 Å². The summed E-state index contributed by atoms with van der Waals surface area (Å²) in [6.45, 7) is 2.79. The van der Waals surface area contributed by atoms with Crippen LogP contribution in [0.1, 0.15) is 33.1 Å². The van der Waals surface area contributed by atoms with Crippen molar-refractivity contribution >= 4 is 5.97 Å². The molecule has 6 heteroatoms. The van der Waals surface area contributed by atoms with Gasteiger partial charge in [-0.1, -0.05) is 6.92 Å². The summed E-state index contributed by atoms with van der Waals surface area (Å²) in [6.07, 6.45) is -3.47. The van der Waals surface area contributed by atoms with Crippen LogP contribution >= 0.6 is 0 Å². The van der Waals surface area contributed by atoms with Crippen LogP contribution in [0, 0.1) is 0 Å². The van der Waals surface area contributed by atoms with Gasteiger partial charge in [-0.2, -0.15) is 13.2 Å². The molecule has 0 aromatic rings. The lowest BCUT2D eigenvalue weighted by atomic mass is 10.1. The highest BCUT2D eigenvalue weighted by Crippen LogP contribution is 2.19. The zero-order valence-electron chi connectivity index (χ0n) is 9.55. The summed E-state index contributed by atoms with van der Waals surface area (Å²) in [4.78, 5) is 11.6. The molecule has 0 aliphatic rings. The lowest BCUT2D eigenvalue weighted by molar-refractivity contribution is -0.151. The molecule has 0 fully saturated rings. The number of nitrogens with zero attached hydrogens (tertiary/aromatic N) is 1. The van der Waals surface area contributed by atoms with E-state index >= 15 is 0 Å². The maximum absolute atomic E-state index is 12.2. The molecule has 0 radical (unpaired) electrons. The van der Waals surface area contributed by atoms with Crippen LogP contribution in [0.3, 0.4) is 0 Å². The van der Waals surface area contributed by atoms with E-state index in [9.17, 15) is 18.0 Å². The Labute approximate surface area is 93.2 Å². The summed E-state index contributed by atoms with van der Waals surface area (Å²) in [7, 11) is 0. The number of alkyl halides is 3. The Morgan fingerprint density at radius 2 is 2.00 bits per heavy atom. The molecule has 1 N–H and O–H groups in total. The van der Waals surface area contributed by atoms with E-state index < -0.39 is 18.7 Å². The van der Waals surface area contributed by atoms with Gasteiger partial charge in [0.2, 0.25) is 0 Å². The van der Waals surface area contributed by atoms with Gasteiger partial charge in [-0.05, 0) is 26.3 Å². The van der Waals surface area contributed by atoms with Crippen molar-refractivity contribution in [3.05, 3.63) is 0 Å². The average Bonchev–Trinajstić information content (AvgIpc) is 2.11. The van der Waals surface area contributed by atoms with E-state index in [4.69, 9.17) is 5.11 Å². The van der Waals surface area contributed by atoms with Gasteiger partial charge < -0.3 is 5.11 Å². The fraction of sp³-hybridized carbons (Fsp3) is 0.900. The summed E-state index contributed by atoms with van der Waals surface area (Å²) in [6, 6.07) is -0.363. The number of hydrogen-bond acceptors (Lipinski definition) is 2. The number of rotatable bonds is 7. The van der Waals surface area contributed by atoms with Gasteiger partial charge in [0.1, 0.15) is 0 Å². The second-order valence-corrected chi connectivity index (χ2v) is 3.87. The van der Waals surface area contributed by atoms with E-state index in [-0.39, 0.29) is 18.9 Å². The van der Waals surface area contributed by atoms with Crippen LogP contribution < -0.4 is 0 Å². The molecule has 16 heavy (non-hydrogen) atoms. The average molecular weight is 241 g/mol. The Morgan fingerprint density at radius 3 is 2.38 bits per heavy atom. The third-order valence-corrected chi connectivity index (χ3v) is 2.29. The summed E-state index contributed by atoms with van der Waals surface area (Å²) >= 11 is 0. The fourth-order valence-corrected chi connectivity index (χ4v) is 1.49. The highest BCUT2D eigenvalue weighted by molar-refractivity contribution is 5.66. The molecule has 0 aliphatic heterocycles. The molecule has 0 aromatic heterocycles. The minimum absolute atomic E-state index is 0.0980. The third kappa shape index (κ3) is 7.50. The minimum Gasteiger partial charge on any atom is -0.481 e. The number of carboxylic acid groups (broad SMARTS) is 1. The molecule has 0 saturated heterocycles. The van der Waals surface area contributed by atoms with Crippen molar-refractivity contribution in [2.75, 3.05) is 13.1 Å². The molecule has 0 heterocycles. The SMILES string of the molecule is CCCN(CC(F)(F)F)C(C)CCC(=O)O. The Morgan fingerprint density at radius 1 is 1.44 bits per heavy atom. The second-order valence-electron chi connectivity index (χ2n) is 3.87. The van der Waals surface area contributed by atoms with E-state index in [2.05, 4.69) is 0 Å². The minimum atomic E-state index is -4.23. The zero-order chi connectivity index (χ0) is 12.8. The molecular formula is C10H18F3NO2. The van der Waals surface area contributed by atoms with Gasteiger partial charge in [0, 0.05) is 12.5 Å². The van der Waals surface area contributed by atoms with Crippen LogP contribution in [0.4, 0.5) is 13.2 Å². The van der Waals surface area contributed by atoms with Crippen molar-refractivity contribution in [3.63, 3.8) is 0 Å². The Kier molecular flexibility index (Phi) is 6.40. The van der Waals surface area contributed by atoms with Crippen molar-refractivity contribution in [3.8, 4) is 0 Å². The molecule has 0 amide bonds. The van der Waals surface area contributed by atoms with E-state index in [0.717, 1.165) is 0 Å². The summed E-state index contributed by atoms with van der Waals surface area (Å²) in [5.74, 6) is -0.977. The lowest BCUT2D eigenvalue weighted by Crippen LogP contribution is -2.41. The van der Waals surface area contributed by atoms with Gasteiger partial charge in [0.05, 0.1) is 6.54 Å². The van der Waals surface area contributed by atoms with Gasteiger partial charge in [0.15, 0.2) is 0 Å². The van der Waals surface area contributed by atoms with Crippen molar-refractivity contribution in [2.24, 2.45) is 0 Å². The van der Waals surface area contributed by atoms with Crippen LogP contribution in [0.2, 0.25) is 0 Å². The maximum Gasteiger partial charge on any atom is 0.401 e. The summed E-state index contributed by atoms with van der Waals surface area (Å²) in [5.41, 5.74) is 0. The molecule has 96 valence electrons. The van der Waals surface area contributed by atoms with Crippen LogP contribution in [0.5, 0.6) is 0 Å². The van der Waals surface area contributed by atoms with Gasteiger partial charge in [-0.3, -0.25) is 9.69 Å². The Bertz CT molecular complexity index is 219. The van der Waals surface area contributed by atoms with Gasteiger partial charge in [-0.15, -0.1) is 0 Å². The molecule has 3 nitrogen and oxygen atoms in total. The molecule has 0 aromatic carbocycles. The third-order valence-electron chi connectivity index (χ3n) is 2.29. The van der Waals surface area contributed by atoms with Crippen molar-refractivity contribution in [1.82, 2.24) is 4.90 Å². The first-order valence-electron chi connectivity index (χ1n) is 5.29. The normalized spacial score (nSPS) is 14.1. The van der Waals surface area contributed by atoms with Gasteiger partial charge in [-0.25, -0.2) is 0 Å². The highest BCUT2D eigenvalue weighted by Gasteiger charge is 2.32. The fourth-order valence-electron chi connectivity index (χ4n) is 1.49. The first-order chi connectivity index (χ1) is 7.26. The standard InChI is InChI=1S/C10H18F3NO2/c1-3-6-14(7-10(11,12)13)8(2)4-5-9(15)16/h8H,3-7H2,1-2H3,(H,15,16). The molecule has 1 atom stereocenters. The summed E-state index contributed by atoms with van der Waals surface area (Å²) < 4.78 is 36.7. The zero-order valence-corrected chi connectivity index (χ0v) is 9.55. The molecule has 0 spiro atoms. The van der Waals surface area contributed by atoms with E-state index in [1.54, 1.807) is 13.8 Å². The molecule has 0 bridgehead atoms. The first-order valence-corrected chi connectivity index (χ1v) is 5.29. The monoisotopic (exact) mass is 241 g/mol. The highest BCUT2D eigenvalue weighted by atomic mass is 19.4. The van der Waals surface area contributed by atoms with Gasteiger partial charge in [0.25, 0.3) is 0 Å². The number of aliphatic carboxylic acids is 1. The Hall–Kier alpha value is -0.780. The van der Waals surface area contributed by atoms with E-state index in [0.29, 0.717) is 13.0 Å². The molecule has 0 rings (SSSR count). The number of halogens is 3. The van der Waals surface area contributed by atoms with Crippen molar-refractivity contribution in [2.45, 2.75) is 45.3 Å². The largest absolute Gasteiger partial charge is 0.481 e. The Balaban J connectivity index is 4.23. The second kappa shape index (κ2) is 6.73.